The van der Waals surface area contributed by atoms with E-state index in [1.54, 1.807) is 6.20 Å². The van der Waals surface area contributed by atoms with E-state index in [2.05, 4.69) is 31.5 Å². The first kappa shape index (κ1) is 13.1. The zero-order valence-corrected chi connectivity index (χ0v) is 12.4. The molecule has 4 nitrogen and oxygen atoms in total. The Bertz CT molecular complexity index is 487. The van der Waals surface area contributed by atoms with Crippen molar-refractivity contribution in [2.45, 2.75) is 43.7 Å². The van der Waals surface area contributed by atoms with E-state index < -0.39 is 0 Å². The smallest absolute Gasteiger partial charge is 0.271 e. The number of nitrogens with one attached hydrogen (secondary N) is 2. The Kier molecular flexibility index (Phi) is 3.58. The highest BCUT2D eigenvalue weighted by atomic mass is 79.9. The lowest BCUT2D eigenvalue weighted by Gasteiger charge is -2.48. The third-order valence-corrected chi connectivity index (χ3v) is 4.89. The lowest BCUT2D eigenvalue weighted by molar-refractivity contribution is 0.0848. The molecule has 102 valence electrons. The molecule has 0 radical (unpaired) electrons. The second-order valence-electron chi connectivity index (χ2n) is 5.56. The predicted molar refractivity (Wildman–Crippen MR) is 77.0 cm³/mol. The SMILES string of the molecule is O=C(NC1CCNC2(CCC2)C1)c1ncccc1Br. The van der Waals surface area contributed by atoms with Gasteiger partial charge in [-0.2, -0.15) is 0 Å². The molecule has 1 aromatic heterocycles. The lowest BCUT2D eigenvalue weighted by atomic mass is 9.70. The molecule has 1 unspecified atom stereocenters. The van der Waals surface area contributed by atoms with Crippen LogP contribution >= 0.6 is 15.9 Å². The molecule has 2 aliphatic rings. The van der Waals surface area contributed by atoms with E-state index in [-0.39, 0.29) is 11.9 Å². The molecule has 2 N–H and O–H groups in total. The summed E-state index contributed by atoms with van der Waals surface area (Å²) in [6, 6.07) is 3.93. The van der Waals surface area contributed by atoms with Crippen molar-refractivity contribution in [3.63, 3.8) is 0 Å². The number of carbonyl (C=O) groups excluding carboxylic acids is 1. The van der Waals surface area contributed by atoms with Gasteiger partial charge in [0.2, 0.25) is 0 Å². The summed E-state index contributed by atoms with van der Waals surface area (Å²) in [5, 5.41) is 6.74. The number of nitrogens with zero attached hydrogens (tertiary/aromatic N) is 1. The van der Waals surface area contributed by atoms with E-state index in [9.17, 15) is 4.79 Å². The second-order valence-corrected chi connectivity index (χ2v) is 6.41. The average Bonchev–Trinajstić information content (AvgIpc) is 2.37. The number of hydrogen-bond acceptors (Lipinski definition) is 3. The fraction of sp³-hybridized carbons (Fsp3) is 0.571. The summed E-state index contributed by atoms with van der Waals surface area (Å²) in [6.07, 6.45) is 7.48. The van der Waals surface area contributed by atoms with E-state index in [4.69, 9.17) is 0 Å². The fourth-order valence-electron chi connectivity index (χ4n) is 3.07. The molecule has 2 fully saturated rings. The van der Waals surface area contributed by atoms with Crippen molar-refractivity contribution >= 4 is 21.8 Å². The minimum absolute atomic E-state index is 0.0751. The molecule has 0 bridgehead atoms. The number of aromatic nitrogens is 1. The van der Waals surface area contributed by atoms with Crippen molar-refractivity contribution in [2.75, 3.05) is 6.54 Å². The van der Waals surface area contributed by atoms with Crippen LogP contribution in [0.25, 0.3) is 0 Å². The highest BCUT2D eigenvalue weighted by Crippen LogP contribution is 2.38. The Balaban J connectivity index is 1.65. The van der Waals surface area contributed by atoms with Gasteiger partial charge in [0, 0.05) is 22.3 Å². The first-order chi connectivity index (χ1) is 9.19. The van der Waals surface area contributed by atoms with Crippen LogP contribution in [0.4, 0.5) is 0 Å². The summed E-state index contributed by atoms with van der Waals surface area (Å²) in [5.41, 5.74) is 0.779. The van der Waals surface area contributed by atoms with Gasteiger partial charge in [-0.25, -0.2) is 4.98 Å². The Morgan fingerprint density at radius 3 is 3.05 bits per heavy atom. The summed E-state index contributed by atoms with van der Waals surface area (Å²) < 4.78 is 0.750. The van der Waals surface area contributed by atoms with E-state index in [0.29, 0.717) is 11.2 Å². The molecule has 1 aliphatic carbocycles. The number of amides is 1. The third-order valence-electron chi connectivity index (χ3n) is 4.25. The lowest BCUT2D eigenvalue weighted by Crippen LogP contribution is -2.59. The van der Waals surface area contributed by atoms with Gasteiger partial charge in [-0.15, -0.1) is 0 Å². The summed E-state index contributed by atoms with van der Waals surface area (Å²) in [4.78, 5) is 16.4. The molecule has 3 rings (SSSR count). The monoisotopic (exact) mass is 323 g/mol. The molecule has 1 aromatic rings. The Morgan fingerprint density at radius 1 is 1.53 bits per heavy atom. The number of piperidine rings is 1. The van der Waals surface area contributed by atoms with Gasteiger partial charge in [-0.05, 0) is 66.7 Å². The van der Waals surface area contributed by atoms with Gasteiger partial charge in [-0.3, -0.25) is 4.79 Å². The first-order valence-corrected chi connectivity index (χ1v) is 7.64. The maximum atomic E-state index is 12.2. The van der Waals surface area contributed by atoms with Crippen molar-refractivity contribution in [1.82, 2.24) is 15.6 Å². The molecule has 1 atom stereocenters. The third kappa shape index (κ3) is 2.67. The second kappa shape index (κ2) is 5.21. The Morgan fingerprint density at radius 2 is 2.37 bits per heavy atom. The van der Waals surface area contributed by atoms with Gasteiger partial charge < -0.3 is 10.6 Å². The summed E-state index contributed by atoms with van der Waals surface area (Å²) in [6.45, 7) is 0.994. The van der Waals surface area contributed by atoms with Gasteiger partial charge in [0.15, 0.2) is 0 Å². The molecule has 1 aliphatic heterocycles. The molecule has 0 aromatic carbocycles. The zero-order valence-electron chi connectivity index (χ0n) is 10.8. The van der Waals surface area contributed by atoms with Gasteiger partial charge in [-0.1, -0.05) is 0 Å². The number of rotatable bonds is 2. The average molecular weight is 324 g/mol. The number of halogens is 1. The normalized spacial score (nSPS) is 24.8. The molecule has 2 heterocycles. The minimum Gasteiger partial charge on any atom is -0.348 e. The van der Waals surface area contributed by atoms with Crippen molar-refractivity contribution in [1.29, 1.82) is 0 Å². The summed E-state index contributed by atoms with van der Waals surface area (Å²) in [7, 11) is 0. The number of hydrogen-bond donors (Lipinski definition) is 2. The number of carbonyl (C=O) groups is 1. The highest BCUT2D eigenvalue weighted by Gasteiger charge is 2.41. The standard InChI is InChI=1S/C14H18BrN3O/c15-11-3-1-7-16-12(11)13(19)18-10-4-8-17-14(9-10)5-2-6-14/h1,3,7,10,17H,2,4-6,8-9H2,(H,18,19). The van der Waals surface area contributed by atoms with E-state index in [0.717, 1.165) is 23.9 Å². The van der Waals surface area contributed by atoms with Crippen LogP contribution in [0.1, 0.15) is 42.6 Å². The van der Waals surface area contributed by atoms with Crippen LogP contribution < -0.4 is 10.6 Å². The van der Waals surface area contributed by atoms with E-state index in [1.807, 2.05) is 12.1 Å². The van der Waals surface area contributed by atoms with Crippen LogP contribution in [0, 0.1) is 0 Å². The molecule has 1 saturated carbocycles. The van der Waals surface area contributed by atoms with Gasteiger partial charge in [0.25, 0.3) is 5.91 Å². The van der Waals surface area contributed by atoms with Crippen molar-refractivity contribution in [2.24, 2.45) is 0 Å². The van der Waals surface area contributed by atoms with Crippen molar-refractivity contribution in [3.8, 4) is 0 Å². The van der Waals surface area contributed by atoms with Crippen LogP contribution in [-0.4, -0.2) is 29.0 Å². The molecular formula is C14H18BrN3O. The molecule has 1 amide bonds. The molecule has 19 heavy (non-hydrogen) atoms. The maximum absolute atomic E-state index is 12.2. The van der Waals surface area contributed by atoms with Crippen molar-refractivity contribution in [3.05, 3.63) is 28.5 Å². The largest absolute Gasteiger partial charge is 0.348 e. The first-order valence-electron chi connectivity index (χ1n) is 6.85. The van der Waals surface area contributed by atoms with E-state index >= 15 is 0 Å². The highest BCUT2D eigenvalue weighted by molar-refractivity contribution is 9.10. The number of pyridine rings is 1. The van der Waals surface area contributed by atoms with E-state index in [1.165, 1.54) is 19.3 Å². The van der Waals surface area contributed by atoms with Crippen LogP contribution in [0.3, 0.4) is 0 Å². The fourth-order valence-corrected chi connectivity index (χ4v) is 3.51. The molecular weight excluding hydrogens is 306 g/mol. The quantitative estimate of drug-likeness (QED) is 0.877. The van der Waals surface area contributed by atoms with Crippen molar-refractivity contribution < 1.29 is 4.79 Å². The van der Waals surface area contributed by atoms with Crippen LogP contribution in [0.15, 0.2) is 22.8 Å². The van der Waals surface area contributed by atoms with Crippen LogP contribution in [-0.2, 0) is 0 Å². The van der Waals surface area contributed by atoms with Gasteiger partial charge in [0.1, 0.15) is 5.69 Å². The van der Waals surface area contributed by atoms with Gasteiger partial charge >= 0.3 is 0 Å². The van der Waals surface area contributed by atoms with Crippen LogP contribution in [0.5, 0.6) is 0 Å². The Hall–Kier alpha value is -0.940. The summed E-state index contributed by atoms with van der Waals surface area (Å²) >= 11 is 3.37. The molecule has 1 spiro atoms. The van der Waals surface area contributed by atoms with Gasteiger partial charge in [0.05, 0.1) is 0 Å². The predicted octanol–water partition coefficient (Wildman–Crippen LogP) is 2.25. The minimum atomic E-state index is -0.0751. The molecule has 5 heteroatoms. The molecule has 1 saturated heterocycles. The summed E-state index contributed by atoms with van der Waals surface area (Å²) in [5.74, 6) is -0.0751. The topological polar surface area (TPSA) is 54.0 Å². The Labute approximate surface area is 121 Å². The maximum Gasteiger partial charge on any atom is 0.271 e. The zero-order chi connectivity index (χ0) is 13.3. The van der Waals surface area contributed by atoms with Crippen LogP contribution in [0.2, 0.25) is 0 Å².